The van der Waals surface area contributed by atoms with Crippen LogP contribution in [0.5, 0.6) is 0 Å². The molecular formula is C12H17ClFN2O3+. The fourth-order valence-electron chi connectivity index (χ4n) is 1.71. The highest BCUT2D eigenvalue weighted by atomic mass is 35.5. The molecule has 0 bridgehead atoms. The summed E-state index contributed by atoms with van der Waals surface area (Å²) in [7, 11) is 3.52. The van der Waals surface area contributed by atoms with Crippen molar-refractivity contribution in [3.8, 4) is 0 Å². The normalized spacial score (nSPS) is 11.6. The van der Waals surface area contributed by atoms with E-state index in [1.807, 2.05) is 6.92 Å². The largest absolute Gasteiger partial charge is 0.376 e. The van der Waals surface area contributed by atoms with Crippen molar-refractivity contribution in [2.75, 3.05) is 33.9 Å². The van der Waals surface area contributed by atoms with Gasteiger partial charge in [0, 0.05) is 18.7 Å². The Labute approximate surface area is 116 Å². The number of hydrogen-bond donors (Lipinski definition) is 0. The molecule has 0 aliphatic heterocycles. The summed E-state index contributed by atoms with van der Waals surface area (Å²) >= 11 is 5.60. The summed E-state index contributed by atoms with van der Waals surface area (Å²) < 4.78 is 18.9. The van der Waals surface area contributed by atoms with E-state index in [-0.39, 0.29) is 20.9 Å². The molecule has 0 fully saturated rings. The maximum Gasteiger partial charge on any atom is 0.331 e. The molecular weight excluding hydrogens is 275 g/mol. The van der Waals surface area contributed by atoms with Gasteiger partial charge in [-0.25, -0.2) is 4.39 Å². The Morgan fingerprint density at radius 2 is 2.11 bits per heavy atom. The van der Waals surface area contributed by atoms with Gasteiger partial charge in [-0.05, 0) is 6.92 Å². The fraction of sp³-hybridized carbons (Fsp3) is 0.500. The molecule has 1 rings (SSSR count). The number of nitro benzene ring substituents is 1. The van der Waals surface area contributed by atoms with Crippen LogP contribution >= 0.6 is 11.6 Å². The molecule has 0 aliphatic rings. The van der Waals surface area contributed by atoms with Crippen molar-refractivity contribution >= 4 is 23.0 Å². The van der Waals surface area contributed by atoms with Crippen molar-refractivity contribution < 1.29 is 14.1 Å². The SMILES string of the molecule is CCOCC[N+](C)(C)c1cc(F)c(Cl)cc1[N+](=O)[O-]. The van der Waals surface area contributed by atoms with Crippen molar-refractivity contribution in [1.29, 1.82) is 0 Å². The van der Waals surface area contributed by atoms with Crippen LogP contribution in [0, 0.1) is 15.9 Å². The molecule has 0 heterocycles. The van der Waals surface area contributed by atoms with Gasteiger partial charge >= 0.3 is 5.69 Å². The first-order chi connectivity index (χ1) is 8.79. The van der Waals surface area contributed by atoms with E-state index in [4.69, 9.17) is 16.3 Å². The monoisotopic (exact) mass is 291 g/mol. The van der Waals surface area contributed by atoms with Crippen LogP contribution in [-0.4, -0.2) is 38.8 Å². The number of ether oxygens (including phenoxy) is 1. The molecule has 0 unspecified atom stereocenters. The highest BCUT2D eigenvalue weighted by molar-refractivity contribution is 6.31. The Balaban J connectivity index is 3.16. The highest BCUT2D eigenvalue weighted by Gasteiger charge is 2.31. The van der Waals surface area contributed by atoms with Crippen LogP contribution < -0.4 is 4.48 Å². The highest BCUT2D eigenvalue weighted by Crippen LogP contribution is 2.35. The van der Waals surface area contributed by atoms with Crippen LogP contribution in [0.4, 0.5) is 15.8 Å². The Bertz CT molecular complexity index is 480. The van der Waals surface area contributed by atoms with Crippen molar-refractivity contribution in [3.05, 3.63) is 33.1 Å². The Hall–Kier alpha value is -1.24. The van der Waals surface area contributed by atoms with Crippen molar-refractivity contribution in [1.82, 2.24) is 4.48 Å². The van der Waals surface area contributed by atoms with E-state index in [1.54, 1.807) is 14.1 Å². The molecule has 1 aromatic carbocycles. The van der Waals surface area contributed by atoms with E-state index in [2.05, 4.69) is 0 Å². The molecule has 0 radical (unpaired) electrons. The lowest BCUT2D eigenvalue weighted by Gasteiger charge is -2.28. The van der Waals surface area contributed by atoms with Gasteiger partial charge in [-0.3, -0.25) is 14.6 Å². The number of quaternary nitrogens is 1. The minimum absolute atomic E-state index is 0.143. The lowest BCUT2D eigenvalue weighted by molar-refractivity contribution is -0.384. The number of benzene rings is 1. The van der Waals surface area contributed by atoms with Crippen LogP contribution in [-0.2, 0) is 4.74 Å². The molecule has 0 saturated carbocycles. The maximum absolute atomic E-state index is 13.5. The average Bonchev–Trinajstić information content (AvgIpc) is 2.31. The summed E-state index contributed by atoms with van der Waals surface area (Å²) in [5, 5.41) is 10.8. The number of nitro groups is 1. The zero-order valence-corrected chi connectivity index (χ0v) is 11.9. The van der Waals surface area contributed by atoms with Crippen LogP contribution in [0.25, 0.3) is 0 Å². The molecule has 0 amide bonds. The van der Waals surface area contributed by atoms with Gasteiger partial charge in [-0.1, -0.05) is 11.6 Å². The Kier molecular flexibility index (Phi) is 5.22. The first-order valence-corrected chi connectivity index (χ1v) is 6.22. The van der Waals surface area contributed by atoms with E-state index < -0.39 is 10.7 Å². The van der Waals surface area contributed by atoms with Gasteiger partial charge in [0.2, 0.25) is 5.69 Å². The zero-order valence-electron chi connectivity index (χ0n) is 11.2. The minimum Gasteiger partial charge on any atom is -0.376 e. The van der Waals surface area contributed by atoms with Crippen molar-refractivity contribution in [2.24, 2.45) is 0 Å². The summed E-state index contributed by atoms with van der Waals surface area (Å²) in [5.74, 6) is -0.662. The molecule has 106 valence electrons. The van der Waals surface area contributed by atoms with Crippen LogP contribution in [0.15, 0.2) is 12.1 Å². The molecule has 1 aromatic rings. The van der Waals surface area contributed by atoms with E-state index in [9.17, 15) is 14.5 Å². The molecule has 0 aliphatic carbocycles. The van der Waals surface area contributed by atoms with E-state index >= 15 is 0 Å². The maximum atomic E-state index is 13.5. The zero-order chi connectivity index (χ0) is 14.6. The van der Waals surface area contributed by atoms with Gasteiger partial charge in [-0.15, -0.1) is 0 Å². The third-order valence-electron chi connectivity index (χ3n) is 2.87. The number of hydrogen-bond acceptors (Lipinski definition) is 3. The standard InChI is InChI=1S/C12H17ClFN2O3/c1-4-19-6-5-16(2,3)12-8-10(14)9(13)7-11(12)15(17)18/h7-8H,4-6H2,1-3H3/q+1. The number of nitrogens with zero attached hydrogens (tertiary/aromatic N) is 2. The molecule has 0 N–H and O–H groups in total. The van der Waals surface area contributed by atoms with Crippen LogP contribution in [0.2, 0.25) is 5.02 Å². The van der Waals surface area contributed by atoms with Crippen molar-refractivity contribution in [2.45, 2.75) is 6.92 Å². The molecule has 0 spiro atoms. The lowest BCUT2D eigenvalue weighted by atomic mass is 10.2. The average molecular weight is 292 g/mol. The molecule has 0 aromatic heterocycles. The van der Waals surface area contributed by atoms with E-state index in [0.717, 1.165) is 12.1 Å². The van der Waals surface area contributed by atoms with Gasteiger partial charge in [0.25, 0.3) is 0 Å². The van der Waals surface area contributed by atoms with Gasteiger partial charge in [0.15, 0.2) is 0 Å². The molecule has 0 saturated heterocycles. The number of likely N-dealkylation sites (N-methyl/N-ethyl adjacent to an activating group) is 1. The number of rotatable bonds is 6. The predicted molar refractivity (Wildman–Crippen MR) is 73.1 cm³/mol. The smallest absolute Gasteiger partial charge is 0.331 e. The third kappa shape index (κ3) is 3.86. The lowest BCUT2D eigenvalue weighted by Crippen LogP contribution is -2.43. The first-order valence-electron chi connectivity index (χ1n) is 5.84. The van der Waals surface area contributed by atoms with Crippen LogP contribution in [0.3, 0.4) is 0 Å². The topological polar surface area (TPSA) is 52.4 Å². The minimum atomic E-state index is -0.662. The quantitative estimate of drug-likeness (QED) is 0.350. The second kappa shape index (κ2) is 6.27. The van der Waals surface area contributed by atoms with Crippen LogP contribution in [0.1, 0.15) is 6.92 Å². The molecule has 5 nitrogen and oxygen atoms in total. The van der Waals surface area contributed by atoms with E-state index in [1.165, 1.54) is 0 Å². The third-order valence-corrected chi connectivity index (χ3v) is 3.15. The first kappa shape index (κ1) is 15.8. The number of halogens is 2. The molecule has 7 heteroatoms. The summed E-state index contributed by atoms with van der Waals surface area (Å²) in [6.45, 7) is 3.36. The Morgan fingerprint density at radius 1 is 1.47 bits per heavy atom. The van der Waals surface area contributed by atoms with Gasteiger partial charge in [0.05, 0.1) is 30.6 Å². The Morgan fingerprint density at radius 3 is 2.63 bits per heavy atom. The molecule has 0 atom stereocenters. The fourth-order valence-corrected chi connectivity index (χ4v) is 1.87. The van der Waals surface area contributed by atoms with Gasteiger partial charge < -0.3 is 4.74 Å². The summed E-state index contributed by atoms with van der Waals surface area (Å²) in [4.78, 5) is 10.5. The van der Waals surface area contributed by atoms with Gasteiger partial charge in [0.1, 0.15) is 12.4 Å². The summed E-state index contributed by atoms with van der Waals surface area (Å²) in [6.07, 6.45) is 0. The second-order valence-electron chi connectivity index (χ2n) is 4.62. The van der Waals surface area contributed by atoms with Gasteiger partial charge in [-0.2, -0.15) is 0 Å². The van der Waals surface area contributed by atoms with Crippen molar-refractivity contribution in [3.63, 3.8) is 0 Å². The summed E-state index contributed by atoms with van der Waals surface area (Å²) in [6, 6.07) is 2.17. The second-order valence-corrected chi connectivity index (χ2v) is 5.02. The van der Waals surface area contributed by atoms with E-state index in [0.29, 0.717) is 19.8 Å². The summed E-state index contributed by atoms with van der Waals surface area (Å²) in [5.41, 5.74) is 0.0829. The molecule has 19 heavy (non-hydrogen) atoms. The predicted octanol–water partition coefficient (Wildman–Crippen LogP) is 2.99.